The number of nitrogens with one attached hydrogen (secondary N) is 1. The Morgan fingerprint density at radius 1 is 1.33 bits per heavy atom. The van der Waals surface area contributed by atoms with E-state index in [9.17, 15) is 13.2 Å². The quantitative estimate of drug-likeness (QED) is 0.844. The van der Waals surface area contributed by atoms with Crippen LogP contribution >= 0.6 is 0 Å². The van der Waals surface area contributed by atoms with Gasteiger partial charge >= 0.3 is 6.18 Å². The second-order valence-corrected chi connectivity index (χ2v) is 4.19. The standard InChI is InChI=1S/C13H19F3N2/c1-3-10-9-17-8-6-11(10)12(18-4-2)5-7-13(14,15)16/h6,8-9,12,18H,3-5,7H2,1-2H3. The van der Waals surface area contributed by atoms with E-state index in [0.29, 0.717) is 6.54 Å². The zero-order valence-electron chi connectivity index (χ0n) is 10.7. The third kappa shape index (κ3) is 4.64. The fourth-order valence-electron chi connectivity index (χ4n) is 2.00. The van der Waals surface area contributed by atoms with E-state index in [1.165, 1.54) is 0 Å². The molecule has 0 fully saturated rings. The van der Waals surface area contributed by atoms with E-state index in [1.807, 2.05) is 19.9 Å². The maximum atomic E-state index is 12.3. The molecule has 0 amide bonds. The fourth-order valence-corrected chi connectivity index (χ4v) is 2.00. The van der Waals surface area contributed by atoms with Gasteiger partial charge < -0.3 is 5.32 Å². The number of aryl methyl sites for hydroxylation is 1. The number of hydrogen-bond donors (Lipinski definition) is 1. The topological polar surface area (TPSA) is 24.9 Å². The summed E-state index contributed by atoms with van der Waals surface area (Å²) in [5.74, 6) is 0. The van der Waals surface area contributed by atoms with Crippen LogP contribution in [0.25, 0.3) is 0 Å². The summed E-state index contributed by atoms with van der Waals surface area (Å²) in [6.45, 7) is 4.52. The van der Waals surface area contributed by atoms with Gasteiger partial charge in [0.15, 0.2) is 0 Å². The van der Waals surface area contributed by atoms with Crippen LogP contribution in [0.2, 0.25) is 0 Å². The number of halogens is 3. The first-order valence-electron chi connectivity index (χ1n) is 6.20. The third-order valence-electron chi connectivity index (χ3n) is 2.86. The molecule has 18 heavy (non-hydrogen) atoms. The van der Waals surface area contributed by atoms with Gasteiger partial charge in [-0.2, -0.15) is 13.2 Å². The Morgan fingerprint density at radius 2 is 2.06 bits per heavy atom. The summed E-state index contributed by atoms with van der Waals surface area (Å²) in [6.07, 6.45) is -0.672. The van der Waals surface area contributed by atoms with Gasteiger partial charge in [-0.25, -0.2) is 0 Å². The molecule has 0 radical (unpaired) electrons. The lowest BCUT2D eigenvalue weighted by Crippen LogP contribution is -2.24. The minimum absolute atomic E-state index is 0.0638. The van der Waals surface area contributed by atoms with Crippen LogP contribution in [0, 0.1) is 0 Å². The van der Waals surface area contributed by atoms with E-state index in [2.05, 4.69) is 10.3 Å². The summed E-state index contributed by atoms with van der Waals surface area (Å²) in [5, 5.41) is 3.12. The SMILES string of the molecule is CCNC(CCC(F)(F)F)c1ccncc1CC. The first-order valence-corrected chi connectivity index (χ1v) is 6.20. The van der Waals surface area contributed by atoms with Crippen LogP contribution in [-0.2, 0) is 6.42 Å². The van der Waals surface area contributed by atoms with Crippen molar-refractivity contribution in [1.29, 1.82) is 0 Å². The Bertz CT molecular complexity index is 363. The van der Waals surface area contributed by atoms with Crippen molar-refractivity contribution in [1.82, 2.24) is 10.3 Å². The van der Waals surface area contributed by atoms with Crippen LogP contribution in [0.4, 0.5) is 13.2 Å². The summed E-state index contributed by atoms with van der Waals surface area (Å²) >= 11 is 0. The highest BCUT2D eigenvalue weighted by Crippen LogP contribution is 2.28. The minimum atomic E-state index is -4.10. The second-order valence-electron chi connectivity index (χ2n) is 4.19. The first-order chi connectivity index (χ1) is 8.48. The number of aromatic nitrogens is 1. The molecule has 1 heterocycles. The highest BCUT2D eigenvalue weighted by atomic mass is 19.4. The van der Waals surface area contributed by atoms with Gasteiger partial charge in [-0.1, -0.05) is 13.8 Å². The van der Waals surface area contributed by atoms with E-state index < -0.39 is 12.6 Å². The first kappa shape index (κ1) is 15.0. The molecule has 0 bridgehead atoms. The van der Waals surface area contributed by atoms with Crippen molar-refractivity contribution >= 4 is 0 Å². The number of rotatable bonds is 6. The minimum Gasteiger partial charge on any atom is -0.310 e. The van der Waals surface area contributed by atoms with Crippen molar-refractivity contribution < 1.29 is 13.2 Å². The second kappa shape index (κ2) is 6.73. The summed E-state index contributed by atoms with van der Waals surface area (Å²) in [7, 11) is 0. The summed E-state index contributed by atoms with van der Waals surface area (Å²) in [6, 6.07) is 1.55. The van der Waals surface area contributed by atoms with Crippen LogP contribution in [-0.4, -0.2) is 17.7 Å². The van der Waals surface area contributed by atoms with Gasteiger partial charge in [0.05, 0.1) is 0 Å². The van der Waals surface area contributed by atoms with Crippen LogP contribution in [0.3, 0.4) is 0 Å². The van der Waals surface area contributed by atoms with Gasteiger partial charge in [0, 0.05) is 24.9 Å². The molecule has 1 rings (SSSR count). The number of alkyl halides is 3. The predicted molar refractivity (Wildman–Crippen MR) is 65.3 cm³/mol. The van der Waals surface area contributed by atoms with Crippen molar-refractivity contribution in [2.75, 3.05) is 6.54 Å². The Hall–Kier alpha value is -1.10. The van der Waals surface area contributed by atoms with Gasteiger partial charge in [-0.3, -0.25) is 4.98 Å². The van der Waals surface area contributed by atoms with Crippen molar-refractivity contribution in [3.05, 3.63) is 29.6 Å². The summed E-state index contributed by atoms with van der Waals surface area (Å²) in [5.41, 5.74) is 1.93. The van der Waals surface area contributed by atoms with Crippen molar-refractivity contribution in [2.45, 2.75) is 45.3 Å². The average molecular weight is 260 g/mol. The Morgan fingerprint density at radius 3 is 2.61 bits per heavy atom. The van der Waals surface area contributed by atoms with Crippen molar-refractivity contribution in [2.24, 2.45) is 0 Å². The average Bonchev–Trinajstić information content (AvgIpc) is 2.33. The molecule has 2 nitrogen and oxygen atoms in total. The molecule has 0 aromatic carbocycles. The van der Waals surface area contributed by atoms with Gasteiger partial charge in [-0.15, -0.1) is 0 Å². The monoisotopic (exact) mass is 260 g/mol. The normalized spacial score (nSPS) is 13.6. The molecule has 0 saturated carbocycles. The van der Waals surface area contributed by atoms with Gasteiger partial charge in [0.2, 0.25) is 0 Å². The van der Waals surface area contributed by atoms with Crippen LogP contribution in [0.1, 0.15) is 43.9 Å². The lowest BCUT2D eigenvalue weighted by atomic mass is 9.97. The third-order valence-corrected chi connectivity index (χ3v) is 2.86. The largest absolute Gasteiger partial charge is 0.389 e. The highest BCUT2D eigenvalue weighted by molar-refractivity contribution is 5.26. The van der Waals surface area contributed by atoms with Crippen molar-refractivity contribution in [3.63, 3.8) is 0 Å². The number of nitrogens with zero attached hydrogens (tertiary/aromatic N) is 1. The molecule has 0 aliphatic rings. The Labute approximate surface area is 106 Å². The van der Waals surface area contributed by atoms with Crippen molar-refractivity contribution in [3.8, 4) is 0 Å². The molecule has 1 aromatic heterocycles. The molecular formula is C13H19F3N2. The Balaban J connectivity index is 2.83. The number of pyridine rings is 1. The molecule has 0 aliphatic carbocycles. The van der Waals surface area contributed by atoms with Crippen LogP contribution < -0.4 is 5.32 Å². The molecule has 1 aromatic rings. The summed E-state index contributed by atoms with van der Waals surface area (Å²) in [4.78, 5) is 4.02. The zero-order valence-corrected chi connectivity index (χ0v) is 10.7. The van der Waals surface area contributed by atoms with E-state index in [1.54, 1.807) is 12.4 Å². The van der Waals surface area contributed by atoms with E-state index in [4.69, 9.17) is 0 Å². The van der Waals surface area contributed by atoms with Crippen LogP contribution in [0.15, 0.2) is 18.5 Å². The van der Waals surface area contributed by atoms with E-state index in [-0.39, 0.29) is 12.5 Å². The lowest BCUT2D eigenvalue weighted by molar-refractivity contribution is -0.136. The van der Waals surface area contributed by atoms with E-state index in [0.717, 1.165) is 17.5 Å². The van der Waals surface area contributed by atoms with Gasteiger partial charge in [0.25, 0.3) is 0 Å². The molecular weight excluding hydrogens is 241 g/mol. The maximum absolute atomic E-state index is 12.3. The maximum Gasteiger partial charge on any atom is 0.389 e. The van der Waals surface area contributed by atoms with Gasteiger partial charge in [-0.05, 0) is 36.6 Å². The molecule has 0 spiro atoms. The Kier molecular flexibility index (Phi) is 5.59. The molecule has 0 saturated heterocycles. The highest BCUT2D eigenvalue weighted by Gasteiger charge is 2.28. The predicted octanol–water partition coefficient (Wildman–Crippen LogP) is 3.64. The van der Waals surface area contributed by atoms with Gasteiger partial charge in [0.1, 0.15) is 0 Å². The molecule has 1 atom stereocenters. The molecule has 5 heteroatoms. The van der Waals surface area contributed by atoms with Crippen LogP contribution in [0.5, 0.6) is 0 Å². The fraction of sp³-hybridized carbons (Fsp3) is 0.615. The molecule has 1 N–H and O–H groups in total. The smallest absolute Gasteiger partial charge is 0.310 e. The molecule has 102 valence electrons. The molecule has 0 aliphatic heterocycles. The lowest BCUT2D eigenvalue weighted by Gasteiger charge is -2.21. The molecule has 1 unspecified atom stereocenters. The number of hydrogen-bond acceptors (Lipinski definition) is 2. The summed E-state index contributed by atoms with van der Waals surface area (Å²) < 4.78 is 36.9. The van der Waals surface area contributed by atoms with E-state index >= 15 is 0 Å². The zero-order chi connectivity index (χ0) is 13.6.